The number of likely N-dealkylation sites (N-methyl/N-ethyl adjacent to an activating group) is 3. The number of fused-ring (bicyclic) bond motifs is 3. The fourth-order valence-electron chi connectivity index (χ4n) is 17.0. The Labute approximate surface area is 832 Å². The number of rotatable bonds is 31. The van der Waals surface area contributed by atoms with Crippen molar-refractivity contribution in [2.45, 2.75) is 235 Å². The number of imidazole rings is 1. The van der Waals surface area contributed by atoms with Crippen LogP contribution in [0.1, 0.15) is 157 Å². The Morgan fingerprint density at radius 1 is 0.490 bits per heavy atom. The second-order valence-corrected chi connectivity index (χ2v) is 37.2. The molecular formula is C98H134N24O20S. The number of aromatic amines is 3. The first-order valence-electron chi connectivity index (χ1n) is 48.0. The van der Waals surface area contributed by atoms with Crippen molar-refractivity contribution in [2.75, 3.05) is 65.4 Å². The van der Waals surface area contributed by atoms with E-state index < -0.39 is 240 Å². The summed E-state index contributed by atoms with van der Waals surface area (Å²) in [5.74, 6) is -18.2. The minimum Gasteiger partial charge on any atom is -0.394 e. The maximum absolute atomic E-state index is 15.8. The van der Waals surface area contributed by atoms with Crippen molar-refractivity contribution < 1.29 is 96.2 Å². The van der Waals surface area contributed by atoms with Gasteiger partial charge >= 0.3 is 6.03 Å². The number of aliphatic hydroxyl groups excluding tert-OH is 1. The van der Waals surface area contributed by atoms with Crippen LogP contribution >= 0.6 is 11.8 Å². The van der Waals surface area contributed by atoms with Gasteiger partial charge < -0.3 is 126 Å². The number of nitrogens with two attached hydrogens (primary N) is 3. The van der Waals surface area contributed by atoms with Crippen LogP contribution in [0.3, 0.4) is 0 Å². The molecule has 2 aliphatic rings. The van der Waals surface area contributed by atoms with Crippen molar-refractivity contribution in [2.24, 2.45) is 23.1 Å². The molecule has 20 amide bonds. The summed E-state index contributed by atoms with van der Waals surface area (Å²) in [4.78, 5) is 295. The molecule has 0 spiro atoms. The lowest BCUT2D eigenvalue weighted by Gasteiger charge is -2.36. The van der Waals surface area contributed by atoms with Crippen molar-refractivity contribution in [1.82, 2.24) is 109 Å². The number of H-pyrrole nitrogens is 3. The minimum absolute atomic E-state index is 0.0190. The summed E-state index contributed by atoms with van der Waals surface area (Å²) in [7, 11) is 3.93. The Balaban J connectivity index is 1.12. The van der Waals surface area contributed by atoms with Gasteiger partial charge in [0.05, 0.1) is 31.7 Å². The number of carbonyl (C=O) groups is 19. The number of unbranched alkanes of at least 4 members (excludes halogenated alkanes) is 2. The van der Waals surface area contributed by atoms with E-state index in [1.807, 2.05) is 38.1 Å². The van der Waals surface area contributed by atoms with E-state index in [1.165, 1.54) is 40.6 Å². The van der Waals surface area contributed by atoms with Gasteiger partial charge in [-0.15, -0.1) is 11.8 Å². The maximum Gasteiger partial charge on any atom is 0.312 e. The topological polar surface area (TPSA) is 652 Å². The Hall–Kier alpha value is -14.8. The Morgan fingerprint density at radius 2 is 1.03 bits per heavy atom. The van der Waals surface area contributed by atoms with Gasteiger partial charge in [0.1, 0.15) is 84.6 Å². The maximum atomic E-state index is 15.8. The third-order valence-electron chi connectivity index (χ3n) is 25.0. The van der Waals surface area contributed by atoms with Gasteiger partial charge in [-0.05, 0) is 118 Å². The van der Waals surface area contributed by atoms with Crippen LogP contribution in [0.5, 0.6) is 0 Å². The summed E-state index contributed by atoms with van der Waals surface area (Å²) >= 11 is 0.775. The number of urea groups is 1. The average molecular weight is 2000 g/mol. The molecule has 3 aromatic heterocycles. The summed E-state index contributed by atoms with van der Waals surface area (Å²) in [5, 5.41) is 47.2. The van der Waals surface area contributed by atoms with E-state index >= 15 is 38.4 Å². The van der Waals surface area contributed by atoms with Gasteiger partial charge in [0.25, 0.3) is 5.91 Å². The molecule has 14 atom stereocenters. The third kappa shape index (κ3) is 33.2. The van der Waals surface area contributed by atoms with E-state index in [2.05, 4.69) is 89.1 Å². The lowest BCUT2D eigenvalue weighted by Crippen LogP contribution is -2.62. The van der Waals surface area contributed by atoms with E-state index in [0.717, 1.165) is 42.3 Å². The zero-order chi connectivity index (χ0) is 104. The summed E-state index contributed by atoms with van der Waals surface area (Å²) in [6, 6.07) is 7.67. The van der Waals surface area contributed by atoms with Crippen LogP contribution in [0.15, 0.2) is 134 Å². The highest BCUT2D eigenvalue weighted by atomic mass is 32.2. The first-order chi connectivity index (χ1) is 68.4. The predicted octanol–water partition coefficient (Wildman–Crippen LogP) is -0.716. The van der Waals surface area contributed by atoms with Crippen molar-refractivity contribution in [3.63, 3.8) is 0 Å². The number of thioether (sulfide) groups is 1. The average Bonchev–Trinajstić information content (AvgIpc) is 1.71. The lowest BCUT2D eigenvalue weighted by atomic mass is 10.00. The summed E-state index contributed by atoms with van der Waals surface area (Å²) in [6.45, 7) is 6.02. The second-order valence-electron chi connectivity index (χ2n) is 36.2. The normalized spacial score (nSPS) is 23.0. The Kier molecular flexibility index (Phi) is 43.3. The summed E-state index contributed by atoms with van der Waals surface area (Å²) in [6.07, 6.45) is 5.13. The molecule has 143 heavy (non-hydrogen) atoms. The van der Waals surface area contributed by atoms with Crippen LogP contribution in [-0.2, 0) is 107 Å². The highest BCUT2D eigenvalue weighted by Crippen LogP contribution is 2.27. The van der Waals surface area contributed by atoms with Crippen LogP contribution in [0.4, 0.5) is 4.79 Å². The number of carbonyl (C=O) groups excluding carboxylic acids is 19. The van der Waals surface area contributed by atoms with E-state index in [-0.39, 0.29) is 102 Å². The Bertz CT molecular complexity index is 5590. The van der Waals surface area contributed by atoms with Crippen LogP contribution in [0, 0.1) is 5.92 Å². The number of hydrogen-bond acceptors (Lipinski definition) is 22. The molecule has 9 rings (SSSR count). The summed E-state index contributed by atoms with van der Waals surface area (Å²) in [5.41, 5.74) is 20.2. The molecule has 2 saturated heterocycles. The number of aliphatic hydroxyl groups is 1. The highest BCUT2D eigenvalue weighted by molar-refractivity contribution is 8.00. The molecule has 2 aliphatic heterocycles. The first kappa shape index (κ1) is 112. The molecule has 44 nitrogen and oxygen atoms in total. The number of nitrogens with one attached hydrogen (secondary N) is 16. The van der Waals surface area contributed by atoms with Crippen LogP contribution in [0.25, 0.3) is 21.8 Å². The Morgan fingerprint density at radius 3 is 1.66 bits per heavy atom. The highest BCUT2D eigenvalue weighted by Gasteiger charge is 2.44. The molecule has 772 valence electrons. The second kappa shape index (κ2) is 55.4. The van der Waals surface area contributed by atoms with Crippen LogP contribution in [0.2, 0.25) is 0 Å². The summed E-state index contributed by atoms with van der Waals surface area (Å²) < 4.78 is 0. The zero-order valence-corrected chi connectivity index (χ0v) is 82.4. The standard InChI is InChI=1S/C98H134N24O20S/c1-9-11-34-77-92(136)111-67(33-23-40-104-98(101)142)86(130)118-76(85(129)107-51-81(100)125)53-143-54-82(126)109-73(44-58-25-15-13-16-26-58)95(139)119(6)57(5)83(127)116-74(47-80(99)124)96(140)122-42-24-36-78(122)93(137)115-72(46-62-50-102-55-108-62)90(134)113-70(43-56(3)4)88(132)110-68(39-41-103-84(128)59-27-17-14-18-28-59)87(131)114-71(45-61-49-106-66-32-22-20-30-64(61)66)89(133)117-75(52-123)91(135)112-69(38-37-60-48-105-65-31-21-19-29-63(60)65)94(138)121(8)79(35-12-10-2)97(141)120(77)7/h13-22,25-32,48-50,55-57,67-79,105-106,123H,9-12,23-24,33-47,51-54H2,1-8H3,(H2,99,124)(H2,100,125)(H,102,108)(H,103,128)(H,107,129)(H,109,126)(H,110,132)(H,111,136)(H,112,135)(H,113,134)(H,114,131)(H,115,137)(H,116,127)(H,117,133)(H,118,130)(H3,101,104,142)/t57-,67-,68-,69-,70-,71-,72-,73-,74-,75-,76-,77-,78-,79-/m0/s1. The van der Waals surface area contributed by atoms with E-state index in [9.17, 15) is 57.8 Å². The zero-order valence-electron chi connectivity index (χ0n) is 81.6. The monoisotopic (exact) mass is 2000 g/mol. The largest absolute Gasteiger partial charge is 0.394 e. The first-order valence-corrected chi connectivity index (χ1v) is 49.2. The van der Waals surface area contributed by atoms with Gasteiger partial charge in [-0.25, -0.2) is 9.78 Å². The molecule has 4 aromatic carbocycles. The number of aryl methyl sites for hydroxylation is 1. The van der Waals surface area contributed by atoms with Crippen molar-refractivity contribution in [3.8, 4) is 0 Å². The molecule has 0 unspecified atom stereocenters. The van der Waals surface area contributed by atoms with E-state index in [4.69, 9.17) is 17.2 Å². The third-order valence-corrected chi connectivity index (χ3v) is 26.1. The minimum atomic E-state index is -1.92. The van der Waals surface area contributed by atoms with Gasteiger partial charge in [0.2, 0.25) is 100 Å². The number of benzene rings is 4. The molecule has 45 heteroatoms. The molecule has 23 N–H and O–H groups in total. The molecule has 0 bridgehead atoms. The number of nitrogens with zero attached hydrogens (tertiary/aromatic N) is 5. The number of primary amides is 3. The number of aromatic nitrogens is 4. The van der Waals surface area contributed by atoms with Crippen LogP contribution in [-0.4, -0.2) is 307 Å². The van der Waals surface area contributed by atoms with Gasteiger partial charge in [-0.1, -0.05) is 138 Å². The molecule has 7 aromatic rings. The molecular weight excluding hydrogens is 1870 g/mol. The van der Waals surface area contributed by atoms with Crippen molar-refractivity contribution in [3.05, 3.63) is 162 Å². The SMILES string of the molecule is CCCC[C@H]1C(=O)N(C)[C@@H](CCCC)C(=O)N[C@@H](CCCNC(N)=O)C(=O)N[C@H](C(=O)NCC(N)=O)CSCC(=O)N[C@@H](Cc2ccccc2)C(=O)N(C)[C@@H](C)C(=O)N[C@@H](CC(N)=O)C(=O)N2CCC[C@H]2C(=O)N[C@@H](Cc2cnc[nH]2)C(=O)N[C@@H](CC(C)C)C(=O)N[C@@H](CCNC(=O)c2ccccc2)C(=O)N[C@@H](Cc2c[nH]c3ccccc23)C(=O)N[C@@H](CO)C(=O)N[C@@H](CCc2c[nH]c3ccccc23)C(=O)N1C. The smallest absolute Gasteiger partial charge is 0.312 e. The van der Waals surface area contributed by atoms with Gasteiger partial charge in [0, 0.05) is 117 Å². The van der Waals surface area contributed by atoms with E-state index in [0.29, 0.717) is 59.0 Å². The number of para-hydroxylation sites is 2. The quantitative estimate of drug-likeness (QED) is 0.0239. The van der Waals surface area contributed by atoms with Crippen molar-refractivity contribution >= 4 is 146 Å². The number of amides is 20. The molecule has 0 radical (unpaired) electrons. The molecule has 0 saturated carbocycles. The molecule has 0 aliphatic carbocycles. The molecule has 2 fully saturated rings. The molecule has 5 heterocycles. The van der Waals surface area contributed by atoms with Gasteiger partial charge in [-0.3, -0.25) is 86.3 Å². The van der Waals surface area contributed by atoms with Gasteiger partial charge in [0.15, 0.2) is 0 Å². The fourth-order valence-corrected chi connectivity index (χ4v) is 17.9. The number of hydrogen-bond donors (Lipinski definition) is 20. The lowest BCUT2D eigenvalue weighted by molar-refractivity contribution is -0.149. The van der Waals surface area contributed by atoms with Crippen molar-refractivity contribution in [1.29, 1.82) is 0 Å². The van der Waals surface area contributed by atoms with Crippen LogP contribution < -0.4 is 86.3 Å². The van der Waals surface area contributed by atoms with E-state index in [1.54, 1.807) is 111 Å². The predicted molar refractivity (Wildman–Crippen MR) is 530 cm³/mol. The fraction of sp³-hybridized carbons (Fsp3) is 0.490. The van der Waals surface area contributed by atoms with Gasteiger partial charge in [-0.2, -0.15) is 0 Å².